The Morgan fingerprint density at radius 2 is 1.55 bits per heavy atom. The van der Waals surface area contributed by atoms with E-state index >= 15 is 0 Å². The lowest BCUT2D eigenvalue weighted by molar-refractivity contribution is 0.384. The molecule has 0 aliphatic rings. The van der Waals surface area contributed by atoms with E-state index in [-0.39, 0.29) is 11.4 Å². The first-order chi connectivity index (χ1) is 10.5. The molecule has 0 saturated carbocycles. The highest BCUT2D eigenvalue weighted by Crippen LogP contribution is 2.28. The van der Waals surface area contributed by atoms with E-state index in [0.717, 1.165) is 0 Å². The van der Waals surface area contributed by atoms with E-state index in [0.29, 0.717) is 22.1 Å². The Bertz CT molecular complexity index is 722. The first kappa shape index (κ1) is 16.6. The van der Waals surface area contributed by atoms with Crippen molar-refractivity contribution in [3.05, 3.63) is 53.1 Å². The Labute approximate surface area is 134 Å². The molecule has 118 valence electrons. The Kier molecular flexibility index (Phi) is 5.28. The van der Waals surface area contributed by atoms with Gasteiger partial charge in [0.15, 0.2) is 0 Å². The number of hydrogen-bond donors (Lipinski definition) is 1. The third-order valence-electron chi connectivity index (χ3n) is 3.09. The predicted octanol–water partition coefficient (Wildman–Crippen LogP) is 2.84. The maximum absolute atomic E-state index is 12.3. The number of sulfonamides is 1. The fourth-order valence-corrected chi connectivity index (χ4v) is 3.09. The molecular formula is C15H16ClNO4S. The number of ether oxygens (including phenoxy) is 2. The van der Waals surface area contributed by atoms with Crippen LogP contribution >= 0.6 is 11.6 Å². The molecular weight excluding hydrogens is 326 g/mol. The van der Waals surface area contributed by atoms with Crippen molar-refractivity contribution in [3.63, 3.8) is 0 Å². The third kappa shape index (κ3) is 3.71. The molecule has 0 amide bonds. The van der Waals surface area contributed by atoms with Crippen LogP contribution in [0.5, 0.6) is 11.5 Å². The summed E-state index contributed by atoms with van der Waals surface area (Å²) in [6, 6.07) is 11.2. The van der Waals surface area contributed by atoms with Crippen molar-refractivity contribution in [2.24, 2.45) is 0 Å². The van der Waals surface area contributed by atoms with Gasteiger partial charge in [-0.15, -0.1) is 0 Å². The lowest BCUT2D eigenvalue weighted by atomic mass is 10.2. The van der Waals surface area contributed by atoms with Crippen LogP contribution in [0.2, 0.25) is 5.02 Å². The van der Waals surface area contributed by atoms with Crippen molar-refractivity contribution in [1.29, 1.82) is 0 Å². The van der Waals surface area contributed by atoms with Crippen LogP contribution < -0.4 is 14.2 Å². The van der Waals surface area contributed by atoms with Gasteiger partial charge < -0.3 is 9.47 Å². The van der Waals surface area contributed by atoms with Gasteiger partial charge in [-0.05, 0) is 36.4 Å². The summed E-state index contributed by atoms with van der Waals surface area (Å²) in [4.78, 5) is 0.144. The first-order valence-corrected chi connectivity index (χ1v) is 8.29. The Hall–Kier alpha value is -1.76. The van der Waals surface area contributed by atoms with Crippen LogP contribution in [0, 0.1) is 0 Å². The van der Waals surface area contributed by atoms with Gasteiger partial charge in [0.05, 0.1) is 24.7 Å². The third-order valence-corrected chi connectivity index (χ3v) is 4.76. The minimum atomic E-state index is -3.64. The van der Waals surface area contributed by atoms with Crippen LogP contribution in [0.4, 0.5) is 0 Å². The van der Waals surface area contributed by atoms with Crippen LogP contribution in [0.1, 0.15) is 5.56 Å². The zero-order chi connectivity index (χ0) is 16.2. The van der Waals surface area contributed by atoms with E-state index in [1.807, 2.05) is 0 Å². The van der Waals surface area contributed by atoms with E-state index in [2.05, 4.69) is 4.72 Å². The van der Waals surface area contributed by atoms with E-state index in [4.69, 9.17) is 21.1 Å². The summed E-state index contributed by atoms with van der Waals surface area (Å²) in [6.45, 7) is 0.0537. The Balaban J connectivity index is 2.24. The molecule has 0 bridgehead atoms. The maximum Gasteiger partial charge on any atom is 0.240 e. The van der Waals surface area contributed by atoms with E-state index < -0.39 is 10.0 Å². The van der Waals surface area contributed by atoms with Crippen molar-refractivity contribution in [2.75, 3.05) is 14.2 Å². The van der Waals surface area contributed by atoms with Crippen molar-refractivity contribution in [2.45, 2.75) is 11.4 Å². The molecule has 0 fully saturated rings. The summed E-state index contributed by atoms with van der Waals surface area (Å²) in [5.41, 5.74) is 0.630. The SMILES string of the molecule is COc1cccc(OC)c1CNS(=O)(=O)c1ccc(Cl)cc1. The summed E-state index contributed by atoms with van der Waals surface area (Å²) in [5, 5.41) is 0.477. The first-order valence-electron chi connectivity index (χ1n) is 6.43. The smallest absolute Gasteiger partial charge is 0.240 e. The highest BCUT2D eigenvalue weighted by molar-refractivity contribution is 7.89. The molecule has 0 saturated heterocycles. The van der Waals surface area contributed by atoms with Gasteiger partial charge in [0.25, 0.3) is 0 Å². The van der Waals surface area contributed by atoms with Gasteiger partial charge in [-0.3, -0.25) is 0 Å². The average Bonchev–Trinajstić information content (AvgIpc) is 2.53. The highest BCUT2D eigenvalue weighted by atomic mass is 35.5. The van der Waals surface area contributed by atoms with Crippen LogP contribution in [-0.2, 0) is 16.6 Å². The maximum atomic E-state index is 12.3. The summed E-state index contributed by atoms with van der Waals surface area (Å²) in [7, 11) is -0.605. The van der Waals surface area contributed by atoms with Gasteiger partial charge in [0, 0.05) is 11.6 Å². The second kappa shape index (κ2) is 7.00. The number of nitrogens with one attached hydrogen (secondary N) is 1. The summed E-state index contributed by atoms with van der Waals surface area (Å²) >= 11 is 5.77. The fraction of sp³-hybridized carbons (Fsp3) is 0.200. The van der Waals surface area contributed by atoms with Crippen molar-refractivity contribution >= 4 is 21.6 Å². The molecule has 1 N–H and O–H groups in total. The highest BCUT2D eigenvalue weighted by Gasteiger charge is 2.17. The Morgan fingerprint density at radius 1 is 1.00 bits per heavy atom. The second-order valence-corrected chi connectivity index (χ2v) is 6.62. The van der Waals surface area contributed by atoms with E-state index in [1.165, 1.54) is 38.5 Å². The number of halogens is 1. The normalized spacial score (nSPS) is 11.2. The summed E-state index contributed by atoms with van der Waals surface area (Å²) < 4.78 is 37.6. The molecule has 5 nitrogen and oxygen atoms in total. The minimum Gasteiger partial charge on any atom is -0.496 e. The van der Waals surface area contributed by atoms with Crippen molar-refractivity contribution in [1.82, 2.24) is 4.72 Å². The van der Waals surface area contributed by atoms with Gasteiger partial charge in [-0.2, -0.15) is 0 Å². The molecule has 0 heterocycles. The molecule has 0 spiro atoms. The van der Waals surface area contributed by atoms with Crippen LogP contribution in [0.15, 0.2) is 47.4 Å². The lowest BCUT2D eigenvalue weighted by Gasteiger charge is -2.14. The van der Waals surface area contributed by atoms with Gasteiger partial charge in [-0.1, -0.05) is 17.7 Å². The molecule has 2 aromatic carbocycles. The number of hydrogen-bond acceptors (Lipinski definition) is 4. The molecule has 0 aromatic heterocycles. The van der Waals surface area contributed by atoms with Gasteiger partial charge in [0.2, 0.25) is 10.0 Å². The van der Waals surface area contributed by atoms with Crippen LogP contribution in [-0.4, -0.2) is 22.6 Å². The predicted molar refractivity (Wildman–Crippen MR) is 85.0 cm³/mol. The minimum absolute atomic E-state index is 0.0537. The zero-order valence-corrected chi connectivity index (χ0v) is 13.7. The molecule has 0 atom stereocenters. The van der Waals surface area contributed by atoms with Gasteiger partial charge in [-0.25, -0.2) is 13.1 Å². The zero-order valence-electron chi connectivity index (χ0n) is 12.2. The molecule has 0 radical (unpaired) electrons. The number of benzene rings is 2. The quantitative estimate of drug-likeness (QED) is 0.877. The number of rotatable bonds is 6. The largest absolute Gasteiger partial charge is 0.496 e. The molecule has 0 unspecified atom stereocenters. The van der Waals surface area contributed by atoms with Crippen LogP contribution in [0.3, 0.4) is 0 Å². The topological polar surface area (TPSA) is 64.6 Å². The molecule has 0 aliphatic heterocycles. The number of methoxy groups -OCH3 is 2. The summed E-state index contributed by atoms with van der Waals surface area (Å²) in [5.74, 6) is 1.11. The second-order valence-electron chi connectivity index (χ2n) is 4.42. The van der Waals surface area contributed by atoms with E-state index in [1.54, 1.807) is 18.2 Å². The standard InChI is InChI=1S/C15H16ClNO4S/c1-20-14-4-3-5-15(21-2)13(14)10-17-22(18,19)12-8-6-11(16)7-9-12/h3-9,17H,10H2,1-2H3. The van der Waals surface area contributed by atoms with Crippen LogP contribution in [0.25, 0.3) is 0 Å². The Morgan fingerprint density at radius 3 is 2.05 bits per heavy atom. The molecule has 22 heavy (non-hydrogen) atoms. The fourth-order valence-electron chi connectivity index (χ4n) is 1.97. The molecule has 2 rings (SSSR count). The van der Waals surface area contributed by atoms with Gasteiger partial charge >= 0.3 is 0 Å². The van der Waals surface area contributed by atoms with Crippen molar-refractivity contribution in [3.8, 4) is 11.5 Å². The van der Waals surface area contributed by atoms with E-state index in [9.17, 15) is 8.42 Å². The molecule has 7 heteroatoms. The van der Waals surface area contributed by atoms with Gasteiger partial charge in [0.1, 0.15) is 11.5 Å². The average molecular weight is 342 g/mol. The summed E-state index contributed by atoms with van der Waals surface area (Å²) in [6.07, 6.45) is 0. The monoisotopic (exact) mass is 341 g/mol. The van der Waals surface area contributed by atoms with Crippen molar-refractivity contribution < 1.29 is 17.9 Å². The molecule has 2 aromatic rings. The molecule has 0 aliphatic carbocycles. The lowest BCUT2D eigenvalue weighted by Crippen LogP contribution is -2.23.